The van der Waals surface area contributed by atoms with E-state index in [2.05, 4.69) is 5.32 Å². The van der Waals surface area contributed by atoms with Gasteiger partial charge in [-0.2, -0.15) is 0 Å². The average Bonchev–Trinajstić information content (AvgIpc) is 2.70. The maximum atomic E-state index is 12.1. The van der Waals surface area contributed by atoms with Crippen LogP contribution in [-0.4, -0.2) is 23.9 Å². The zero-order chi connectivity index (χ0) is 14.9. The van der Waals surface area contributed by atoms with E-state index in [1.165, 1.54) is 0 Å². The van der Waals surface area contributed by atoms with Crippen molar-refractivity contribution in [1.82, 2.24) is 5.32 Å². The zero-order valence-corrected chi connectivity index (χ0v) is 12.7. The summed E-state index contributed by atoms with van der Waals surface area (Å²) in [5.41, 5.74) is 0.499. The molecule has 1 aromatic carbocycles. The molecule has 1 saturated heterocycles. The second-order valence-corrected chi connectivity index (χ2v) is 6.56. The summed E-state index contributed by atoms with van der Waals surface area (Å²) in [6.07, 6.45) is 0.255. The van der Waals surface area contributed by atoms with E-state index < -0.39 is 0 Å². The van der Waals surface area contributed by atoms with Crippen molar-refractivity contribution in [3.05, 3.63) is 29.3 Å². The van der Waals surface area contributed by atoms with Crippen LogP contribution in [0.3, 0.4) is 0 Å². The van der Waals surface area contributed by atoms with Crippen molar-refractivity contribution >= 4 is 29.1 Å². The third-order valence-corrected chi connectivity index (χ3v) is 3.38. The molecule has 5 heteroatoms. The number of anilines is 1. The van der Waals surface area contributed by atoms with Crippen LogP contribution >= 0.6 is 11.6 Å². The molecule has 1 fully saturated rings. The zero-order valence-electron chi connectivity index (χ0n) is 11.9. The number of hydrogen-bond donors (Lipinski definition) is 1. The van der Waals surface area contributed by atoms with Crippen molar-refractivity contribution in [2.75, 3.05) is 11.4 Å². The molecule has 1 aromatic rings. The number of halogens is 1. The van der Waals surface area contributed by atoms with E-state index in [9.17, 15) is 9.59 Å². The van der Waals surface area contributed by atoms with Gasteiger partial charge in [-0.25, -0.2) is 0 Å². The minimum atomic E-state index is -0.294. The lowest BCUT2D eigenvalue weighted by Gasteiger charge is -2.23. The van der Waals surface area contributed by atoms with Gasteiger partial charge >= 0.3 is 0 Å². The van der Waals surface area contributed by atoms with E-state index in [1.807, 2.05) is 20.8 Å². The molecule has 0 radical (unpaired) electrons. The third kappa shape index (κ3) is 3.51. The van der Waals surface area contributed by atoms with Crippen LogP contribution in [0.1, 0.15) is 27.2 Å². The van der Waals surface area contributed by atoms with Gasteiger partial charge < -0.3 is 10.2 Å². The summed E-state index contributed by atoms with van der Waals surface area (Å²) in [7, 11) is 0. The number of carbonyl (C=O) groups excluding carboxylic acids is 2. The Balaban J connectivity index is 2.07. The van der Waals surface area contributed by atoms with Crippen LogP contribution in [0.15, 0.2) is 24.3 Å². The van der Waals surface area contributed by atoms with Crippen LogP contribution in [0.25, 0.3) is 0 Å². The molecule has 2 rings (SSSR count). The topological polar surface area (TPSA) is 49.4 Å². The Morgan fingerprint density at radius 3 is 2.45 bits per heavy atom. The maximum Gasteiger partial charge on any atom is 0.227 e. The molecule has 108 valence electrons. The van der Waals surface area contributed by atoms with Gasteiger partial charge in [0.1, 0.15) is 0 Å². The molecule has 4 nitrogen and oxygen atoms in total. The lowest BCUT2D eigenvalue weighted by atomic mass is 10.0. The Labute approximate surface area is 124 Å². The van der Waals surface area contributed by atoms with Crippen molar-refractivity contribution in [2.45, 2.75) is 32.7 Å². The van der Waals surface area contributed by atoms with Crippen molar-refractivity contribution in [2.24, 2.45) is 5.92 Å². The van der Waals surface area contributed by atoms with E-state index in [4.69, 9.17) is 11.6 Å². The van der Waals surface area contributed by atoms with Gasteiger partial charge in [-0.05, 0) is 45.0 Å². The van der Waals surface area contributed by atoms with Gasteiger partial charge in [-0.1, -0.05) is 11.6 Å². The Morgan fingerprint density at radius 1 is 1.30 bits per heavy atom. The quantitative estimate of drug-likeness (QED) is 0.911. The summed E-state index contributed by atoms with van der Waals surface area (Å²) in [6.45, 7) is 6.21. The average molecular weight is 295 g/mol. The maximum absolute atomic E-state index is 12.1. The Kier molecular flexibility index (Phi) is 4.04. The SMILES string of the molecule is CC(C)(C)NC(=O)[C@H]1CC(=O)N(c2ccc(Cl)cc2)C1. The number of nitrogens with zero attached hydrogens (tertiary/aromatic N) is 1. The first-order valence-electron chi connectivity index (χ1n) is 6.64. The van der Waals surface area contributed by atoms with Gasteiger partial charge in [-0.3, -0.25) is 9.59 Å². The number of hydrogen-bond acceptors (Lipinski definition) is 2. The second kappa shape index (κ2) is 5.44. The lowest BCUT2D eigenvalue weighted by molar-refractivity contribution is -0.127. The van der Waals surface area contributed by atoms with Gasteiger partial charge in [0.15, 0.2) is 0 Å². The second-order valence-electron chi connectivity index (χ2n) is 6.12. The summed E-state index contributed by atoms with van der Waals surface area (Å²) in [4.78, 5) is 25.8. The van der Waals surface area contributed by atoms with Crippen molar-refractivity contribution in [1.29, 1.82) is 0 Å². The molecular weight excluding hydrogens is 276 g/mol. The molecule has 20 heavy (non-hydrogen) atoms. The van der Waals surface area contributed by atoms with Crippen LogP contribution in [0.5, 0.6) is 0 Å². The number of rotatable bonds is 2. The molecule has 0 saturated carbocycles. The van der Waals surface area contributed by atoms with E-state index >= 15 is 0 Å². The predicted octanol–water partition coefficient (Wildman–Crippen LogP) is 2.61. The molecule has 0 bridgehead atoms. The smallest absolute Gasteiger partial charge is 0.227 e. The van der Waals surface area contributed by atoms with Gasteiger partial charge in [0.05, 0.1) is 5.92 Å². The highest BCUT2D eigenvalue weighted by molar-refractivity contribution is 6.30. The first-order valence-corrected chi connectivity index (χ1v) is 7.02. The Morgan fingerprint density at radius 2 is 1.90 bits per heavy atom. The van der Waals surface area contributed by atoms with Gasteiger partial charge in [0, 0.05) is 29.2 Å². The molecule has 1 aliphatic heterocycles. The van der Waals surface area contributed by atoms with Crippen molar-refractivity contribution in [3.8, 4) is 0 Å². The standard InChI is InChI=1S/C15H19ClN2O2/c1-15(2,3)17-14(20)10-8-13(19)18(9-10)12-6-4-11(16)5-7-12/h4-7,10H,8-9H2,1-3H3,(H,17,20)/t10-/m0/s1. The summed E-state index contributed by atoms with van der Waals surface area (Å²) >= 11 is 5.84. The first kappa shape index (κ1) is 14.9. The molecular formula is C15H19ClN2O2. The minimum Gasteiger partial charge on any atom is -0.351 e. The number of nitrogens with one attached hydrogen (secondary N) is 1. The summed E-state index contributed by atoms with van der Waals surface area (Å²) < 4.78 is 0. The van der Waals surface area contributed by atoms with E-state index in [0.717, 1.165) is 5.69 Å². The van der Waals surface area contributed by atoms with Crippen LogP contribution in [0.4, 0.5) is 5.69 Å². The molecule has 2 amide bonds. The van der Waals surface area contributed by atoms with E-state index in [-0.39, 0.29) is 29.7 Å². The van der Waals surface area contributed by atoms with Gasteiger partial charge in [-0.15, -0.1) is 0 Å². The fourth-order valence-corrected chi connectivity index (χ4v) is 2.35. The number of amides is 2. The molecule has 1 atom stereocenters. The summed E-state index contributed by atoms with van der Waals surface area (Å²) in [6, 6.07) is 7.08. The molecule has 0 aliphatic carbocycles. The minimum absolute atomic E-state index is 0.0265. The highest BCUT2D eigenvalue weighted by Gasteiger charge is 2.36. The van der Waals surface area contributed by atoms with E-state index in [0.29, 0.717) is 11.6 Å². The molecule has 1 heterocycles. The number of benzene rings is 1. The normalized spacial score (nSPS) is 19.3. The van der Waals surface area contributed by atoms with E-state index in [1.54, 1.807) is 29.2 Å². The van der Waals surface area contributed by atoms with Crippen LogP contribution in [-0.2, 0) is 9.59 Å². The molecule has 0 aromatic heterocycles. The van der Waals surface area contributed by atoms with Crippen molar-refractivity contribution < 1.29 is 9.59 Å². The highest BCUT2D eigenvalue weighted by atomic mass is 35.5. The Hall–Kier alpha value is -1.55. The fraction of sp³-hybridized carbons (Fsp3) is 0.467. The molecule has 1 aliphatic rings. The Bertz CT molecular complexity index is 520. The van der Waals surface area contributed by atoms with Gasteiger partial charge in [0.2, 0.25) is 11.8 Å². The van der Waals surface area contributed by atoms with Crippen molar-refractivity contribution in [3.63, 3.8) is 0 Å². The molecule has 1 N–H and O–H groups in total. The molecule has 0 unspecified atom stereocenters. The molecule has 0 spiro atoms. The van der Waals surface area contributed by atoms with Gasteiger partial charge in [0.25, 0.3) is 0 Å². The predicted molar refractivity (Wildman–Crippen MR) is 79.8 cm³/mol. The lowest BCUT2D eigenvalue weighted by Crippen LogP contribution is -2.44. The first-order chi connectivity index (χ1) is 9.26. The summed E-state index contributed by atoms with van der Waals surface area (Å²) in [5, 5.41) is 3.55. The highest BCUT2D eigenvalue weighted by Crippen LogP contribution is 2.26. The summed E-state index contributed by atoms with van der Waals surface area (Å²) in [5.74, 6) is -0.388. The number of carbonyl (C=O) groups is 2. The fourth-order valence-electron chi connectivity index (χ4n) is 2.23. The van der Waals surface area contributed by atoms with Crippen LogP contribution < -0.4 is 10.2 Å². The van der Waals surface area contributed by atoms with Crippen LogP contribution in [0.2, 0.25) is 5.02 Å². The van der Waals surface area contributed by atoms with Crippen LogP contribution in [0, 0.1) is 5.92 Å². The third-order valence-electron chi connectivity index (χ3n) is 3.13. The largest absolute Gasteiger partial charge is 0.351 e. The monoisotopic (exact) mass is 294 g/mol.